The molecule has 1 aromatic carbocycles. The van der Waals surface area contributed by atoms with Crippen LogP contribution in [-0.2, 0) is 12.6 Å². The molecule has 7 heteroatoms. The van der Waals surface area contributed by atoms with Crippen LogP contribution in [0.15, 0.2) is 29.4 Å². The summed E-state index contributed by atoms with van der Waals surface area (Å²) in [4.78, 5) is 2.48. The highest BCUT2D eigenvalue weighted by Gasteiger charge is 2.29. The minimum Gasteiger partial charge on any atom is -0.393 e. The number of nitrogens with zero attached hydrogens (tertiary/aromatic N) is 3. The maximum absolute atomic E-state index is 12.2. The lowest BCUT2D eigenvalue weighted by Crippen LogP contribution is -2.14. The minimum atomic E-state index is -4.36. The van der Waals surface area contributed by atoms with Crippen LogP contribution in [0.4, 0.5) is 13.2 Å². The number of aliphatic hydroxyl groups is 1. The number of azide groups is 1. The zero-order chi connectivity index (χ0) is 12.9. The van der Waals surface area contributed by atoms with Gasteiger partial charge in [0.05, 0.1) is 18.2 Å². The Morgan fingerprint density at radius 3 is 2.35 bits per heavy atom. The van der Waals surface area contributed by atoms with Gasteiger partial charge in [0.15, 0.2) is 0 Å². The Kier molecular flexibility index (Phi) is 4.37. The fraction of sp³-hybridized carbons (Fsp3) is 0.400. The number of hydrogen-bond donors (Lipinski definition) is 1. The van der Waals surface area contributed by atoms with E-state index in [1.807, 2.05) is 0 Å². The van der Waals surface area contributed by atoms with Gasteiger partial charge in [0.25, 0.3) is 0 Å². The molecule has 0 radical (unpaired) electrons. The Balaban J connectivity index is 2.65. The molecule has 1 rings (SSSR count). The third-order valence-electron chi connectivity index (χ3n) is 2.11. The summed E-state index contributed by atoms with van der Waals surface area (Å²) in [6.07, 6.45) is -5.10. The van der Waals surface area contributed by atoms with Gasteiger partial charge in [-0.25, -0.2) is 0 Å². The van der Waals surface area contributed by atoms with Crippen molar-refractivity contribution >= 4 is 0 Å². The van der Waals surface area contributed by atoms with Crippen LogP contribution >= 0.6 is 0 Å². The average molecular weight is 245 g/mol. The number of benzene rings is 1. The SMILES string of the molecule is [N-]=[N+]=NCC(O)Cc1ccc(C(F)(F)F)cc1. The van der Waals surface area contributed by atoms with E-state index in [9.17, 15) is 18.3 Å². The van der Waals surface area contributed by atoms with Crippen LogP contribution in [0.1, 0.15) is 11.1 Å². The zero-order valence-corrected chi connectivity index (χ0v) is 8.72. The van der Waals surface area contributed by atoms with Crippen LogP contribution in [0.5, 0.6) is 0 Å². The molecule has 92 valence electrons. The summed E-state index contributed by atoms with van der Waals surface area (Å²) in [5, 5.41) is 12.6. The van der Waals surface area contributed by atoms with E-state index >= 15 is 0 Å². The molecule has 0 spiro atoms. The molecular formula is C10H10F3N3O. The lowest BCUT2D eigenvalue weighted by Gasteiger charge is -2.09. The fourth-order valence-corrected chi connectivity index (χ4v) is 1.30. The van der Waals surface area contributed by atoms with Gasteiger partial charge in [-0.2, -0.15) is 13.2 Å². The van der Waals surface area contributed by atoms with Crippen molar-refractivity contribution in [2.75, 3.05) is 6.54 Å². The summed E-state index contributed by atoms with van der Waals surface area (Å²) in [5.41, 5.74) is 7.85. The first-order chi connectivity index (χ1) is 7.93. The van der Waals surface area contributed by atoms with E-state index in [0.29, 0.717) is 5.56 Å². The van der Waals surface area contributed by atoms with Crippen molar-refractivity contribution in [1.82, 2.24) is 0 Å². The Bertz CT molecular complexity index is 410. The topological polar surface area (TPSA) is 69.0 Å². The standard InChI is InChI=1S/C10H10F3N3O/c11-10(12,13)8-3-1-7(2-4-8)5-9(17)6-15-16-14/h1-4,9,17H,5-6H2. The molecule has 0 bridgehead atoms. The van der Waals surface area contributed by atoms with Gasteiger partial charge in [-0.1, -0.05) is 17.2 Å². The van der Waals surface area contributed by atoms with Crippen molar-refractivity contribution in [2.24, 2.45) is 5.11 Å². The van der Waals surface area contributed by atoms with Gasteiger partial charge in [0.1, 0.15) is 0 Å². The summed E-state index contributed by atoms with van der Waals surface area (Å²) in [5.74, 6) is 0. The van der Waals surface area contributed by atoms with Crippen molar-refractivity contribution in [2.45, 2.75) is 18.7 Å². The molecule has 0 fully saturated rings. The highest BCUT2D eigenvalue weighted by Crippen LogP contribution is 2.29. The third-order valence-corrected chi connectivity index (χ3v) is 2.11. The quantitative estimate of drug-likeness (QED) is 0.494. The van der Waals surface area contributed by atoms with Crippen molar-refractivity contribution < 1.29 is 18.3 Å². The Hall–Kier alpha value is -1.72. The second kappa shape index (κ2) is 5.56. The maximum atomic E-state index is 12.2. The molecule has 0 amide bonds. The van der Waals surface area contributed by atoms with Crippen LogP contribution in [0.25, 0.3) is 10.4 Å². The van der Waals surface area contributed by atoms with E-state index in [-0.39, 0.29) is 13.0 Å². The number of hydrogen-bond acceptors (Lipinski definition) is 2. The third kappa shape index (κ3) is 4.34. The molecule has 0 heterocycles. The van der Waals surface area contributed by atoms with Crippen molar-refractivity contribution in [3.05, 3.63) is 45.8 Å². The molecular weight excluding hydrogens is 235 g/mol. The Labute approximate surface area is 95.3 Å². The predicted molar refractivity (Wildman–Crippen MR) is 55.2 cm³/mol. The van der Waals surface area contributed by atoms with Gasteiger partial charge in [0.2, 0.25) is 0 Å². The number of alkyl halides is 3. The smallest absolute Gasteiger partial charge is 0.393 e. The first kappa shape index (κ1) is 13.3. The lowest BCUT2D eigenvalue weighted by molar-refractivity contribution is -0.137. The summed E-state index contributed by atoms with van der Waals surface area (Å²) in [6, 6.07) is 4.50. The van der Waals surface area contributed by atoms with E-state index in [0.717, 1.165) is 12.1 Å². The molecule has 0 aromatic heterocycles. The first-order valence-electron chi connectivity index (χ1n) is 4.78. The Morgan fingerprint density at radius 2 is 1.88 bits per heavy atom. The van der Waals surface area contributed by atoms with Crippen molar-refractivity contribution in [3.63, 3.8) is 0 Å². The first-order valence-corrected chi connectivity index (χ1v) is 4.78. The van der Waals surface area contributed by atoms with Crippen LogP contribution < -0.4 is 0 Å². The summed E-state index contributed by atoms with van der Waals surface area (Å²) in [7, 11) is 0. The lowest BCUT2D eigenvalue weighted by atomic mass is 10.1. The number of halogens is 3. The molecule has 0 saturated heterocycles. The van der Waals surface area contributed by atoms with E-state index < -0.39 is 17.8 Å². The second-order valence-electron chi connectivity index (χ2n) is 3.47. The molecule has 1 N–H and O–H groups in total. The van der Waals surface area contributed by atoms with E-state index in [4.69, 9.17) is 5.53 Å². The van der Waals surface area contributed by atoms with Crippen LogP contribution in [0, 0.1) is 0 Å². The predicted octanol–water partition coefficient (Wildman–Crippen LogP) is 2.92. The minimum absolute atomic E-state index is 0.0997. The fourth-order valence-electron chi connectivity index (χ4n) is 1.30. The monoisotopic (exact) mass is 245 g/mol. The summed E-state index contributed by atoms with van der Waals surface area (Å²) in [6.45, 7) is -0.0997. The van der Waals surface area contributed by atoms with E-state index in [1.54, 1.807) is 0 Å². The Morgan fingerprint density at radius 1 is 1.29 bits per heavy atom. The molecule has 17 heavy (non-hydrogen) atoms. The molecule has 0 aliphatic carbocycles. The molecule has 0 saturated carbocycles. The van der Waals surface area contributed by atoms with Crippen molar-refractivity contribution in [3.8, 4) is 0 Å². The highest BCUT2D eigenvalue weighted by atomic mass is 19.4. The van der Waals surface area contributed by atoms with Gasteiger partial charge >= 0.3 is 6.18 Å². The zero-order valence-electron chi connectivity index (χ0n) is 8.72. The molecule has 4 nitrogen and oxygen atoms in total. The van der Waals surface area contributed by atoms with Gasteiger partial charge in [0, 0.05) is 4.91 Å². The molecule has 1 unspecified atom stereocenters. The largest absolute Gasteiger partial charge is 0.416 e. The van der Waals surface area contributed by atoms with Crippen LogP contribution in [0.2, 0.25) is 0 Å². The highest BCUT2D eigenvalue weighted by molar-refractivity contribution is 5.25. The molecule has 1 aromatic rings. The van der Waals surface area contributed by atoms with Crippen molar-refractivity contribution in [1.29, 1.82) is 0 Å². The van der Waals surface area contributed by atoms with Crippen LogP contribution in [0.3, 0.4) is 0 Å². The molecule has 0 aliphatic heterocycles. The van der Waals surface area contributed by atoms with Gasteiger partial charge in [-0.3, -0.25) is 0 Å². The summed E-state index contributed by atoms with van der Waals surface area (Å²) < 4.78 is 36.7. The normalized spacial score (nSPS) is 12.9. The average Bonchev–Trinajstić information content (AvgIpc) is 2.26. The van der Waals surface area contributed by atoms with Gasteiger partial charge in [-0.05, 0) is 29.6 Å². The summed E-state index contributed by atoms with van der Waals surface area (Å²) >= 11 is 0. The van der Waals surface area contributed by atoms with E-state index in [2.05, 4.69) is 10.0 Å². The number of rotatable bonds is 4. The second-order valence-corrected chi connectivity index (χ2v) is 3.47. The van der Waals surface area contributed by atoms with Gasteiger partial charge < -0.3 is 5.11 Å². The van der Waals surface area contributed by atoms with E-state index in [1.165, 1.54) is 12.1 Å². The molecule has 1 atom stereocenters. The number of aliphatic hydroxyl groups excluding tert-OH is 1. The van der Waals surface area contributed by atoms with Crippen LogP contribution in [-0.4, -0.2) is 17.8 Å². The maximum Gasteiger partial charge on any atom is 0.416 e. The van der Waals surface area contributed by atoms with Gasteiger partial charge in [-0.15, -0.1) is 0 Å². The molecule has 0 aliphatic rings.